The SMILES string of the molecule is CCNC(=NCc1cc(OC)c(OC)c(OC)c1)NCCSC.I. The zero-order chi connectivity index (χ0) is 17.1. The first kappa shape index (κ1) is 23.0. The van der Waals surface area contributed by atoms with Gasteiger partial charge in [-0.1, -0.05) is 0 Å². The van der Waals surface area contributed by atoms with E-state index in [1.54, 1.807) is 33.1 Å². The second-order valence-electron chi connectivity index (χ2n) is 4.65. The molecular weight excluding hydrogens is 441 g/mol. The van der Waals surface area contributed by atoms with Gasteiger partial charge in [0.1, 0.15) is 0 Å². The molecule has 0 fully saturated rings. The molecule has 0 saturated carbocycles. The van der Waals surface area contributed by atoms with Crippen molar-refractivity contribution in [1.82, 2.24) is 10.6 Å². The summed E-state index contributed by atoms with van der Waals surface area (Å²) < 4.78 is 16.1. The molecule has 8 heteroatoms. The third kappa shape index (κ3) is 7.25. The first-order chi connectivity index (χ1) is 11.2. The van der Waals surface area contributed by atoms with Crippen LogP contribution in [-0.4, -0.2) is 52.4 Å². The van der Waals surface area contributed by atoms with Crippen LogP contribution < -0.4 is 24.8 Å². The summed E-state index contributed by atoms with van der Waals surface area (Å²) in [6, 6.07) is 3.83. The van der Waals surface area contributed by atoms with Crippen LogP contribution in [0, 0.1) is 0 Å². The van der Waals surface area contributed by atoms with E-state index in [1.165, 1.54) is 0 Å². The molecule has 1 aromatic rings. The van der Waals surface area contributed by atoms with Gasteiger partial charge in [0, 0.05) is 18.8 Å². The molecule has 0 heterocycles. The van der Waals surface area contributed by atoms with Crippen molar-refractivity contribution in [3.8, 4) is 17.2 Å². The first-order valence-corrected chi connectivity index (χ1v) is 8.89. The van der Waals surface area contributed by atoms with Crippen LogP contribution in [0.25, 0.3) is 0 Å². The van der Waals surface area contributed by atoms with Gasteiger partial charge >= 0.3 is 0 Å². The molecule has 6 nitrogen and oxygen atoms in total. The highest BCUT2D eigenvalue weighted by atomic mass is 127. The molecule has 0 saturated heterocycles. The predicted molar refractivity (Wildman–Crippen MR) is 113 cm³/mol. The lowest BCUT2D eigenvalue weighted by Crippen LogP contribution is -2.38. The van der Waals surface area contributed by atoms with Gasteiger partial charge in [0.25, 0.3) is 0 Å². The normalized spacial score (nSPS) is 10.6. The standard InChI is InChI=1S/C16H27N3O3S.HI/c1-6-17-16(18-7-8-23-5)19-11-12-9-13(20-2)15(22-4)14(10-12)21-3;/h9-10H,6-8,11H2,1-5H3,(H2,17,18,19);1H. The maximum Gasteiger partial charge on any atom is 0.203 e. The molecular formula is C16H28IN3O3S. The number of nitrogens with one attached hydrogen (secondary N) is 2. The van der Waals surface area contributed by atoms with Crippen LogP contribution >= 0.6 is 35.7 Å². The van der Waals surface area contributed by atoms with Gasteiger partial charge in [-0.3, -0.25) is 0 Å². The molecule has 0 amide bonds. The Morgan fingerprint density at radius 1 is 1.08 bits per heavy atom. The van der Waals surface area contributed by atoms with Crippen molar-refractivity contribution in [1.29, 1.82) is 0 Å². The summed E-state index contributed by atoms with van der Waals surface area (Å²) in [5, 5.41) is 6.54. The van der Waals surface area contributed by atoms with Gasteiger partial charge in [-0.2, -0.15) is 11.8 Å². The van der Waals surface area contributed by atoms with E-state index >= 15 is 0 Å². The number of hydrogen-bond acceptors (Lipinski definition) is 5. The van der Waals surface area contributed by atoms with E-state index in [0.717, 1.165) is 30.4 Å². The second-order valence-corrected chi connectivity index (χ2v) is 5.63. The molecule has 1 aromatic carbocycles. The molecule has 0 bridgehead atoms. The van der Waals surface area contributed by atoms with Gasteiger partial charge < -0.3 is 24.8 Å². The fourth-order valence-electron chi connectivity index (χ4n) is 2.01. The Morgan fingerprint density at radius 2 is 1.71 bits per heavy atom. The maximum atomic E-state index is 5.37. The minimum Gasteiger partial charge on any atom is -0.493 e. The van der Waals surface area contributed by atoms with E-state index in [2.05, 4.69) is 21.9 Å². The average molecular weight is 469 g/mol. The third-order valence-corrected chi connectivity index (χ3v) is 3.70. The summed E-state index contributed by atoms with van der Waals surface area (Å²) in [5.74, 6) is 3.70. The van der Waals surface area contributed by atoms with Crippen LogP contribution in [0.4, 0.5) is 0 Å². The van der Waals surface area contributed by atoms with E-state index in [9.17, 15) is 0 Å². The Hall–Kier alpha value is -1.03. The fraction of sp³-hybridized carbons (Fsp3) is 0.562. The quantitative estimate of drug-likeness (QED) is 0.251. The molecule has 0 atom stereocenters. The molecule has 0 radical (unpaired) electrons. The highest BCUT2D eigenvalue weighted by Crippen LogP contribution is 2.38. The van der Waals surface area contributed by atoms with Crippen molar-refractivity contribution < 1.29 is 14.2 Å². The Bertz CT molecular complexity index is 490. The Labute approximate surface area is 166 Å². The Balaban J connectivity index is 0.00000529. The molecule has 138 valence electrons. The number of thioether (sulfide) groups is 1. The molecule has 1 rings (SSSR count). The maximum absolute atomic E-state index is 5.37. The van der Waals surface area contributed by atoms with E-state index in [4.69, 9.17) is 14.2 Å². The van der Waals surface area contributed by atoms with Crippen molar-refractivity contribution >= 4 is 41.7 Å². The summed E-state index contributed by atoms with van der Waals surface area (Å²) in [4.78, 5) is 4.60. The van der Waals surface area contributed by atoms with E-state index in [-0.39, 0.29) is 24.0 Å². The van der Waals surface area contributed by atoms with Crippen molar-refractivity contribution in [2.75, 3.05) is 46.4 Å². The Kier molecular flexibility index (Phi) is 12.7. The van der Waals surface area contributed by atoms with Crippen LogP contribution in [-0.2, 0) is 6.54 Å². The van der Waals surface area contributed by atoms with E-state index in [0.29, 0.717) is 23.8 Å². The number of ether oxygens (including phenoxy) is 3. The summed E-state index contributed by atoms with van der Waals surface area (Å²) in [6.45, 7) is 4.26. The summed E-state index contributed by atoms with van der Waals surface area (Å²) in [7, 11) is 4.81. The summed E-state index contributed by atoms with van der Waals surface area (Å²) >= 11 is 1.80. The van der Waals surface area contributed by atoms with Crippen LogP contribution in [0.5, 0.6) is 17.2 Å². The predicted octanol–water partition coefficient (Wildman–Crippen LogP) is 2.75. The van der Waals surface area contributed by atoms with Gasteiger partial charge in [0.2, 0.25) is 5.75 Å². The summed E-state index contributed by atoms with van der Waals surface area (Å²) in [6.07, 6.45) is 2.08. The van der Waals surface area contributed by atoms with Crippen LogP contribution in [0.1, 0.15) is 12.5 Å². The molecule has 2 N–H and O–H groups in total. The lowest BCUT2D eigenvalue weighted by molar-refractivity contribution is 0.324. The molecule has 0 aliphatic heterocycles. The Morgan fingerprint density at radius 3 is 2.17 bits per heavy atom. The monoisotopic (exact) mass is 469 g/mol. The number of rotatable bonds is 9. The average Bonchev–Trinajstić information content (AvgIpc) is 2.58. The largest absolute Gasteiger partial charge is 0.493 e. The lowest BCUT2D eigenvalue weighted by Gasteiger charge is -2.14. The first-order valence-electron chi connectivity index (χ1n) is 7.50. The van der Waals surface area contributed by atoms with Gasteiger partial charge in [0.05, 0.1) is 27.9 Å². The van der Waals surface area contributed by atoms with Gasteiger partial charge in [-0.25, -0.2) is 4.99 Å². The number of nitrogens with zero attached hydrogens (tertiary/aromatic N) is 1. The fourth-order valence-corrected chi connectivity index (χ4v) is 2.32. The number of methoxy groups -OCH3 is 3. The summed E-state index contributed by atoms with van der Waals surface area (Å²) in [5.41, 5.74) is 0.988. The molecule has 0 aliphatic carbocycles. The van der Waals surface area contributed by atoms with Crippen molar-refractivity contribution in [2.24, 2.45) is 4.99 Å². The van der Waals surface area contributed by atoms with Gasteiger partial charge in [-0.05, 0) is 30.9 Å². The van der Waals surface area contributed by atoms with Gasteiger partial charge in [0.15, 0.2) is 17.5 Å². The molecule has 0 aromatic heterocycles. The number of aliphatic imine (C=N–C) groups is 1. The number of benzene rings is 1. The van der Waals surface area contributed by atoms with Crippen molar-refractivity contribution in [2.45, 2.75) is 13.5 Å². The minimum atomic E-state index is 0. The van der Waals surface area contributed by atoms with E-state index in [1.807, 2.05) is 19.1 Å². The molecule has 0 unspecified atom stereocenters. The van der Waals surface area contributed by atoms with Crippen molar-refractivity contribution in [3.05, 3.63) is 17.7 Å². The highest BCUT2D eigenvalue weighted by Gasteiger charge is 2.13. The van der Waals surface area contributed by atoms with Crippen LogP contribution in [0.15, 0.2) is 17.1 Å². The zero-order valence-electron chi connectivity index (χ0n) is 15.0. The third-order valence-electron chi connectivity index (χ3n) is 3.09. The number of halogens is 1. The van der Waals surface area contributed by atoms with Crippen LogP contribution in [0.2, 0.25) is 0 Å². The molecule has 0 spiro atoms. The minimum absolute atomic E-state index is 0. The molecule has 24 heavy (non-hydrogen) atoms. The second kappa shape index (κ2) is 13.3. The lowest BCUT2D eigenvalue weighted by atomic mass is 10.2. The zero-order valence-corrected chi connectivity index (χ0v) is 18.1. The van der Waals surface area contributed by atoms with Gasteiger partial charge in [-0.15, -0.1) is 24.0 Å². The van der Waals surface area contributed by atoms with Crippen molar-refractivity contribution in [3.63, 3.8) is 0 Å². The smallest absolute Gasteiger partial charge is 0.203 e. The van der Waals surface area contributed by atoms with Crippen LogP contribution in [0.3, 0.4) is 0 Å². The molecule has 0 aliphatic rings. The topological polar surface area (TPSA) is 64.1 Å². The highest BCUT2D eigenvalue weighted by molar-refractivity contribution is 14.0. The van der Waals surface area contributed by atoms with E-state index < -0.39 is 0 Å². The number of hydrogen-bond donors (Lipinski definition) is 2. The number of guanidine groups is 1.